The van der Waals surface area contributed by atoms with Crippen molar-refractivity contribution < 1.29 is 8.81 Å². The van der Waals surface area contributed by atoms with Crippen LogP contribution in [0.1, 0.15) is 18.2 Å². The van der Waals surface area contributed by atoms with E-state index in [0.29, 0.717) is 18.8 Å². The van der Waals surface area contributed by atoms with Crippen LogP contribution in [0.2, 0.25) is 0 Å². The Morgan fingerprint density at radius 2 is 2.16 bits per heavy atom. The Balaban J connectivity index is 2.07. The van der Waals surface area contributed by atoms with Gasteiger partial charge in [-0.1, -0.05) is 13.0 Å². The molecule has 0 fully saturated rings. The second kappa shape index (κ2) is 6.38. The highest BCUT2D eigenvalue weighted by Crippen LogP contribution is 2.21. The maximum atomic E-state index is 14.1. The van der Waals surface area contributed by atoms with Crippen LogP contribution < -0.4 is 10.2 Å². The summed E-state index contributed by atoms with van der Waals surface area (Å²) in [5.41, 5.74) is 1.53. The number of hydrogen-bond acceptors (Lipinski definition) is 3. The molecule has 1 N–H and O–H groups in total. The summed E-state index contributed by atoms with van der Waals surface area (Å²) in [6.07, 6.45) is 1.62. The molecule has 0 spiro atoms. The summed E-state index contributed by atoms with van der Waals surface area (Å²) in [5.74, 6) is 0.614. The summed E-state index contributed by atoms with van der Waals surface area (Å²) >= 11 is 0. The third-order valence-electron chi connectivity index (χ3n) is 2.98. The van der Waals surface area contributed by atoms with Gasteiger partial charge < -0.3 is 14.6 Å². The first-order valence-corrected chi connectivity index (χ1v) is 6.43. The molecule has 2 aromatic rings. The summed E-state index contributed by atoms with van der Waals surface area (Å²) in [7, 11) is 1.85. The first kappa shape index (κ1) is 13.6. The number of hydrogen-bond donors (Lipinski definition) is 1. The molecule has 1 heterocycles. The quantitative estimate of drug-likeness (QED) is 0.866. The van der Waals surface area contributed by atoms with Gasteiger partial charge in [-0.25, -0.2) is 4.39 Å². The molecule has 0 amide bonds. The minimum absolute atomic E-state index is 0.204. The standard InChI is InChI=1S/C15H19FN2O/c1-3-17-10-12-6-7-15(14(16)9-12)18(2)11-13-5-4-8-19-13/h4-9,17H,3,10-11H2,1-2H3. The fourth-order valence-electron chi connectivity index (χ4n) is 1.96. The van der Waals surface area contributed by atoms with E-state index in [1.165, 1.54) is 0 Å². The third kappa shape index (κ3) is 3.58. The SMILES string of the molecule is CCNCc1ccc(N(C)Cc2ccco2)c(F)c1. The second-order valence-corrected chi connectivity index (χ2v) is 4.50. The highest BCUT2D eigenvalue weighted by atomic mass is 19.1. The van der Waals surface area contributed by atoms with Crippen molar-refractivity contribution in [3.8, 4) is 0 Å². The van der Waals surface area contributed by atoms with Crippen molar-refractivity contribution in [1.82, 2.24) is 5.32 Å². The van der Waals surface area contributed by atoms with Gasteiger partial charge in [0, 0.05) is 13.6 Å². The fourth-order valence-corrected chi connectivity index (χ4v) is 1.96. The number of nitrogens with zero attached hydrogens (tertiary/aromatic N) is 1. The van der Waals surface area contributed by atoms with Crippen LogP contribution in [-0.4, -0.2) is 13.6 Å². The Morgan fingerprint density at radius 3 is 2.79 bits per heavy atom. The van der Waals surface area contributed by atoms with E-state index in [0.717, 1.165) is 17.9 Å². The Morgan fingerprint density at radius 1 is 1.32 bits per heavy atom. The fraction of sp³-hybridized carbons (Fsp3) is 0.333. The predicted octanol–water partition coefficient (Wildman–Crippen LogP) is 3.16. The number of furan rings is 1. The van der Waals surface area contributed by atoms with Gasteiger partial charge in [0.05, 0.1) is 18.5 Å². The van der Waals surface area contributed by atoms with Crippen molar-refractivity contribution >= 4 is 5.69 Å². The topological polar surface area (TPSA) is 28.4 Å². The molecule has 0 aliphatic heterocycles. The lowest BCUT2D eigenvalue weighted by molar-refractivity contribution is 0.505. The van der Waals surface area contributed by atoms with E-state index < -0.39 is 0 Å². The second-order valence-electron chi connectivity index (χ2n) is 4.50. The zero-order valence-corrected chi connectivity index (χ0v) is 11.3. The normalized spacial score (nSPS) is 10.7. The molecular formula is C15H19FN2O. The lowest BCUT2D eigenvalue weighted by atomic mass is 10.2. The number of benzene rings is 1. The van der Waals surface area contributed by atoms with Crippen LogP contribution >= 0.6 is 0 Å². The minimum atomic E-state index is -0.204. The smallest absolute Gasteiger partial charge is 0.146 e. The summed E-state index contributed by atoms with van der Waals surface area (Å²) < 4.78 is 19.3. The average molecular weight is 262 g/mol. The Labute approximate surface area is 113 Å². The molecule has 0 saturated carbocycles. The van der Waals surface area contributed by atoms with E-state index in [9.17, 15) is 4.39 Å². The molecule has 1 aromatic heterocycles. The van der Waals surface area contributed by atoms with Crippen LogP contribution in [0.3, 0.4) is 0 Å². The number of nitrogens with one attached hydrogen (secondary N) is 1. The molecule has 1 aromatic carbocycles. The van der Waals surface area contributed by atoms with Crippen molar-refractivity contribution in [1.29, 1.82) is 0 Å². The number of rotatable bonds is 6. The number of halogens is 1. The molecule has 102 valence electrons. The Hall–Kier alpha value is -1.81. The molecule has 0 saturated heterocycles. The maximum absolute atomic E-state index is 14.1. The molecule has 0 atom stereocenters. The summed E-state index contributed by atoms with van der Waals surface area (Å²) in [6, 6.07) is 9.05. The zero-order valence-electron chi connectivity index (χ0n) is 11.3. The largest absolute Gasteiger partial charge is 0.467 e. The van der Waals surface area contributed by atoms with Gasteiger partial charge in [0.25, 0.3) is 0 Å². The molecular weight excluding hydrogens is 243 g/mol. The molecule has 4 heteroatoms. The van der Waals surface area contributed by atoms with Gasteiger partial charge in [-0.3, -0.25) is 0 Å². The van der Waals surface area contributed by atoms with Crippen molar-refractivity contribution in [3.05, 3.63) is 53.7 Å². The predicted molar refractivity (Wildman–Crippen MR) is 74.6 cm³/mol. The molecule has 19 heavy (non-hydrogen) atoms. The summed E-state index contributed by atoms with van der Waals surface area (Å²) in [6.45, 7) is 4.15. The van der Waals surface area contributed by atoms with Gasteiger partial charge in [0.1, 0.15) is 11.6 Å². The van der Waals surface area contributed by atoms with Crippen LogP contribution in [0.15, 0.2) is 41.0 Å². The van der Waals surface area contributed by atoms with Crippen LogP contribution in [0, 0.1) is 5.82 Å². The third-order valence-corrected chi connectivity index (χ3v) is 2.98. The molecule has 0 aliphatic rings. The average Bonchev–Trinajstić information content (AvgIpc) is 2.89. The molecule has 3 nitrogen and oxygen atoms in total. The van der Waals surface area contributed by atoms with E-state index in [4.69, 9.17) is 4.42 Å². The van der Waals surface area contributed by atoms with Crippen molar-refractivity contribution in [2.45, 2.75) is 20.0 Å². The van der Waals surface area contributed by atoms with Crippen molar-refractivity contribution in [2.75, 3.05) is 18.5 Å². The van der Waals surface area contributed by atoms with Gasteiger partial charge in [-0.15, -0.1) is 0 Å². The van der Waals surface area contributed by atoms with E-state index in [1.807, 2.05) is 43.1 Å². The maximum Gasteiger partial charge on any atom is 0.146 e. The lowest BCUT2D eigenvalue weighted by Gasteiger charge is -2.19. The lowest BCUT2D eigenvalue weighted by Crippen LogP contribution is -2.18. The molecule has 2 rings (SSSR count). The van der Waals surface area contributed by atoms with E-state index in [-0.39, 0.29) is 5.82 Å². The molecule has 0 aliphatic carbocycles. The minimum Gasteiger partial charge on any atom is -0.467 e. The van der Waals surface area contributed by atoms with Gasteiger partial charge in [0.15, 0.2) is 0 Å². The highest BCUT2D eigenvalue weighted by molar-refractivity contribution is 5.48. The van der Waals surface area contributed by atoms with Crippen LogP contribution in [0.4, 0.5) is 10.1 Å². The van der Waals surface area contributed by atoms with Crippen molar-refractivity contribution in [2.24, 2.45) is 0 Å². The van der Waals surface area contributed by atoms with Gasteiger partial charge >= 0.3 is 0 Å². The van der Waals surface area contributed by atoms with Gasteiger partial charge in [-0.2, -0.15) is 0 Å². The van der Waals surface area contributed by atoms with Gasteiger partial charge in [0.2, 0.25) is 0 Å². The highest BCUT2D eigenvalue weighted by Gasteiger charge is 2.10. The van der Waals surface area contributed by atoms with E-state index >= 15 is 0 Å². The zero-order chi connectivity index (χ0) is 13.7. The van der Waals surface area contributed by atoms with E-state index in [2.05, 4.69) is 5.32 Å². The van der Waals surface area contributed by atoms with Crippen molar-refractivity contribution in [3.63, 3.8) is 0 Å². The first-order valence-electron chi connectivity index (χ1n) is 6.43. The monoisotopic (exact) mass is 262 g/mol. The van der Waals surface area contributed by atoms with Crippen LogP contribution in [0.25, 0.3) is 0 Å². The Kier molecular flexibility index (Phi) is 4.58. The van der Waals surface area contributed by atoms with Crippen LogP contribution in [-0.2, 0) is 13.1 Å². The van der Waals surface area contributed by atoms with Gasteiger partial charge in [-0.05, 0) is 36.4 Å². The molecule has 0 unspecified atom stereocenters. The van der Waals surface area contributed by atoms with Crippen LogP contribution in [0.5, 0.6) is 0 Å². The molecule has 0 bridgehead atoms. The Bertz CT molecular complexity index is 511. The number of anilines is 1. The first-order chi connectivity index (χ1) is 9.20. The summed E-state index contributed by atoms with van der Waals surface area (Å²) in [4.78, 5) is 1.84. The molecule has 0 radical (unpaired) electrons. The summed E-state index contributed by atoms with van der Waals surface area (Å²) in [5, 5.41) is 3.18. The van der Waals surface area contributed by atoms with E-state index in [1.54, 1.807) is 12.3 Å².